The van der Waals surface area contributed by atoms with Gasteiger partial charge in [0.1, 0.15) is 0 Å². The van der Waals surface area contributed by atoms with Gasteiger partial charge in [-0.15, -0.1) is 0 Å². The molecule has 98 valence electrons. The number of pyridine rings is 1. The van der Waals surface area contributed by atoms with Crippen LogP contribution in [0.3, 0.4) is 0 Å². The lowest BCUT2D eigenvalue weighted by atomic mass is 10.2. The number of nitrogens with one attached hydrogen (secondary N) is 2. The largest absolute Gasteiger partial charge is 0.619 e. The van der Waals surface area contributed by atoms with Crippen molar-refractivity contribution >= 4 is 11.9 Å². The summed E-state index contributed by atoms with van der Waals surface area (Å²) in [6.45, 7) is 3.68. The van der Waals surface area contributed by atoms with Gasteiger partial charge in [-0.1, -0.05) is 0 Å². The van der Waals surface area contributed by atoms with Gasteiger partial charge in [-0.3, -0.25) is 15.6 Å². The van der Waals surface area contributed by atoms with Crippen LogP contribution in [0.15, 0.2) is 30.6 Å². The lowest BCUT2D eigenvalue weighted by molar-refractivity contribution is -0.605. The van der Waals surface area contributed by atoms with Gasteiger partial charge >= 0.3 is 0 Å². The van der Waals surface area contributed by atoms with Gasteiger partial charge in [-0.2, -0.15) is 4.73 Å². The van der Waals surface area contributed by atoms with E-state index in [1.165, 1.54) is 24.5 Å². The Balaban J connectivity index is 2.02. The molecule has 0 atom stereocenters. The molecule has 2 rings (SSSR count). The number of hydrogen-bond acceptors (Lipinski definition) is 5. The molecule has 19 heavy (non-hydrogen) atoms. The minimum atomic E-state index is -0.372. The Morgan fingerprint density at radius 1 is 1.21 bits per heavy atom. The summed E-state index contributed by atoms with van der Waals surface area (Å²) in [6, 6.07) is 4.68. The summed E-state index contributed by atoms with van der Waals surface area (Å²) < 4.78 is 0.608. The molecule has 2 N–H and O–H groups in total. The van der Waals surface area contributed by atoms with Crippen molar-refractivity contribution in [2.45, 2.75) is 13.8 Å². The minimum Gasteiger partial charge on any atom is -0.619 e. The molecule has 0 saturated heterocycles. The number of aromatic nitrogens is 3. The summed E-state index contributed by atoms with van der Waals surface area (Å²) in [4.78, 5) is 20.0. The molecule has 2 aromatic rings. The smallest absolute Gasteiger partial charge is 0.270 e. The molecule has 0 unspecified atom stereocenters. The van der Waals surface area contributed by atoms with E-state index >= 15 is 0 Å². The van der Waals surface area contributed by atoms with Crippen LogP contribution >= 0.6 is 0 Å². The Morgan fingerprint density at radius 2 is 1.79 bits per heavy atom. The Bertz CT molecular complexity index is 577. The van der Waals surface area contributed by atoms with Crippen LogP contribution in [-0.2, 0) is 0 Å². The second kappa shape index (κ2) is 5.30. The number of hydrogen-bond donors (Lipinski definition) is 2. The second-order valence-electron chi connectivity index (χ2n) is 4.00. The van der Waals surface area contributed by atoms with Crippen LogP contribution in [0.5, 0.6) is 0 Å². The van der Waals surface area contributed by atoms with Crippen molar-refractivity contribution < 1.29 is 9.52 Å². The van der Waals surface area contributed by atoms with Gasteiger partial charge in [-0.25, -0.2) is 9.97 Å². The Morgan fingerprint density at radius 3 is 2.37 bits per heavy atom. The lowest BCUT2D eigenvalue weighted by Gasteiger charge is -2.08. The Kier molecular flexibility index (Phi) is 3.56. The molecule has 2 heterocycles. The van der Waals surface area contributed by atoms with E-state index in [0.29, 0.717) is 16.2 Å². The van der Waals surface area contributed by atoms with Crippen molar-refractivity contribution in [2.24, 2.45) is 0 Å². The van der Waals surface area contributed by atoms with Gasteiger partial charge in [-0.05, 0) is 19.9 Å². The predicted octanol–water partition coefficient (Wildman–Crippen LogP) is 0.484. The number of nitrogens with zero attached hydrogens (tertiary/aromatic N) is 3. The van der Waals surface area contributed by atoms with E-state index < -0.39 is 0 Å². The highest BCUT2D eigenvalue weighted by Crippen LogP contribution is 2.02. The first-order chi connectivity index (χ1) is 9.04. The van der Waals surface area contributed by atoms with E-state index in [-0.39, 0.29) is 5.91 Å². The Hall–Kier alpha value is -2.70. The number of hydrazine groups is 1. The molecular weight excluding hydrogens is 246 g/mol. The average molecular weight is 259 g/mol. The van der Waals surface area contributed by atoms with Gasteiger partial charge in [0.2, 0.25) is 5.95 Å². The normalized spacial score (nSPS) is 10.0. The van der Waals surface area contributed by atoms with Crippen molar-refractivity contribution in [3.05, 3.63) is 52.8 Å². The minimum absolute atomic E-state index is 0.320. The zero-order valence-electron chi connectivity index (χ0n) is 10.5. The fourth-order valence-electron chi connectivity index (χ4n) is 1.53. The number of carbonyl (C=O) groups excluding carboxylic acids is 1. The topological polar surface area (TPSA) is 93.9 Å². The molecule has 0 fully saturated rings. The predicted molar refractivity (Wildman–Crippen MR) is 68.0 cm³/mol. The summed E-state index contributed by atoms with van der Waals surface area (Å²) in [5, 5.41) is 10.8. The highest BCUT2D eigenvalue weighted by atomic mass is 16.5. The lowest BCUT2D eigenvalue weighted by Crippen LogP contribution is -2.32. The standard InChI is InChI=1S/C12H13N5O2/c1-8-7-9(2)14-12(13-8)16-15-11(18)10-3-5-17(19)6-4-10/h3-7H,1-2H3,(H,15,18)(H,13,14,16). The molecule has 2 aromatic heterocycles. The molecule has 0 spiro atoms. The first-order valence-corrected chi connectivity index (χ1v) is 5.62. The quantitative estimate of drug-likeness (QED) is 0.475. The second-order valence-corrected chi connectivity index (χ2v) is 4.00. The monoisotopic (exact) mass is 259 g/mol. The number of anilines is 1. The van der Waals surface area contributed by atoms with Gasteiger partial charge in [0.15, 0.2) is 12.4 Å². The molecular formula is C12H13N5O2. The number of carbonyl (C=O) groups is 1. The third kappa shape index (κ3) is 3.38. The molecule has 0 aliphatic carbocycles. The molecule has 0 aliphatic heterocycles. The molecule has 0 aliphatic rings. The summed E-state index contributed by atoms with van der Waals surface area (Å²) >= 11 is 0. The first-order valence-electron chi connectivity index (χ1n) is 5.62. The summed E-state index contributed by atoms with van der Waals surface area (Å²) in [5.41, 5.74) is 7.07. The first kappa shape index (κ1) is 12.7. The maximum atomic E-state index is 11.8. The number of rotatable bonds is 3. The van der Waals surface area contributed by atoms with Crippen molar-refractivity contribution in [1.82, 2.24) is 15.4 Å². The SMILES string of the molecule is Cc1cc(C)nc(NNC(=O)c2cc[n+]([O-])cc2)n1. The van der Waals surface area contributed by atoms with E-state index in [0.717, 1.165) is 11.4 Å². The van der Waals surface area contributed by atoms with Crippen LogP contribution in [0.2, 0.25) is 0 Å². The zero-order valence-corrected chi connectivity index (χ0v) is 10.5. The summed E-state index contributed by atoms with van der Waals surface area (Å²) in [7, 11) is 0. The number of amides is 1. The third-order valence-corrected chi connectivity index (χ3v) is 2.33. The van der Waals surface area contributed by atoms with Crippen LogP contribution < -0.4 is 15.6 Å². The van der Waals surface area contributed by atoms with Crippen LogP contribution in [0.1, 0.15) is 21.7 Å². The molecule has 0 radical (unpaired) electrons. The van der Waals surface area contributed by atoms with E-state index in [4.69, 9.17) is 0 Å². The fraction of sp³-hybridized carbons (Fsp3) is 0.167. The van der Waals surface area contributed by atoms with Crippen LogP contribution in [0.25, 0.3) is 0 Å². The van der Waals surface area contributed by atoms with Crippen LogP contribution in [0, 0.1) is 19.1 Å². The van der Waals surface area contributed by atoms with E-state index in [1.54, 1.807) is 0 Å². The molecule has 7 heteroatoms. The van der Waals surface area contributed by atoms with Crippen molar-refractivity contribution in [3.63, 3.8) is 0 Å². The molecule has 0 aromatic carbocycles. The molecule has 7 nitrogen and oxygen atoms in total. The van der Waals surface area contributed by atoms with Crippen LogP contribution in [-0.4, -0.2) is 15.9 Å². The number of aryl methyl sites for hydroxylation is 2. The van der Waals surface area contributed by atoms with E-state index in [9.17, 15) is 10.0 Å². The third-order valence-electron chi connectivity index (χ3n) is 2.33. The average Bonchev–Trinajstić information content (AvgIpc) is 2.36. The van der Waals surface area contributed by atoms with Gasteiger partial charge in [0.05, 0.1) is 5.56 Å². The van der Waals surface area contributed by atoms with Gasteiger partial charge < -0.3 is 5.21 Å². The van der Waals surface area contributed by atoms with E-state index in [2.05, 4.69) is 20.8 Å². The highest BCUT2D eigenvalue weighted by molar-refractivity contribution is 5.94. The van der Waals surface area contributed by atoms with Gasteiger partial charge in [0.25, 0.3) is 5.91 Å². The molecule has 1 amide bonds. The fourth-order valence-corrected chi connectivity index (χ4v) is 1.53. The highest BCUT2D eigenvalue weighted by Gasteiger charge is 2.07. The van der Waals surface area contributed by atoms with Crippen molar-refractivity contribution in [1.29, 1.82) is 0 Å². The molecule has 0 saturated carbocycles. The van der Waals surface area contributed by atoms with Crippen molar-refractivity contribution in [2.75, 3.05) is 5.43 Å². The maximum Gasteiger partial charge on any atom is 0.270 e. The van der Waals surface area contributed by atoms with E-state index in [1.807, 2.05) is 19.9 Å². The molecule has 0 bridgehead atoms. The van der Waals surface area contributed by atoms with Gasteiger partial charge in [0, 0.05) is 23.5 Å². The summed E-state index contributed by atoms with van der Waals surface area (Å²) in [6.07, 6.45) is 2.50. The van der Waals surface area contributed by atoms with Crippen LogP contribution in [0.4, 0.5) is 5.95 Å². The van der Waals surface area contributed by atoms with Crippen molar-refractivity contribution in [3.8, 4) is 0 Å². The summed E-state index contributed by atoms with van der Waals surface area (Å²) in [5.74, 6) is -0.0518. The maximum absolute atomic E-state index is 11.8. The zero-order chi connectivity index (χ0) is 13.8. The Labute approximate surface area is 109 Å².